The average molecular weight is 455 g/mol. The van der Waals surface area contributed by atoms with Crippen LogP contribution in [0.5, 0.6) is 0 Å². The summed E-state index contributed by atoms with van der Waals surface area (Å²) in [6.45, 7) is 1.30. The Bertz CT molecular complexity index is 992. The van der Waals surface area contributed by atoms with E-state index in [1.54, 1.807) is 24.3 Å². The molecule has 0 radical (unpaired) electrons. The van der Waals surface area contributed by atoms with E-state index in [2.05, 4.69) is 15.3 Å². The van der Waals surface area contributed by atoms with Crippen LogP contribution in [0.3, 0.4) is 0 Å². The van der Waals surface area contributed by atoms with Crippen LogP contribution in [-0.2, 0) is 16.0 Å². The van der Waals surface area contributed by atoms with Crippen molar-refractivity contribution in [3.05, 3.63) is 59.7 Å². The fourth-order valence-electron chi connectivity index (χ4n) is 3.56. The van der Waals surface area contributed by atoms with Gasteiger partial charge in [0.1, 0.15) is 11.6 Å². The average Bonchev–Trinajstić information content (AvgIpc) is 3.11. The number of ether oxygens (including phenoxy) is 1. The summed E-state index contributed by atoms with van der Waals surface area (Å²) in [5.41, 5.74) is 8.91. The maximum Gasteiger partial charge on any atom is 0.241 e. The van der Waals surface area contributed by atoms with Gasteiger partial charge < -0.3 is 20.8 Å². The van der Waals surface area contributed by atoms with Crippen molar-refractivity contribution < 1.29 is 13.9 Å². The zero-order valence-corrected chi connectivity index (χ0v) is 17.9. The minimum absolute atomic E-state index is 0. The molecule has 162 valence electrons. The third-order valence-corrected chi connectivity index (χ3v) is 5.19. The van der Waals surface area contributed by atoms with Crippen molar-refractivity contribution in [2.45, 2.75) is 25.3 Å². The van der Waals surface area contributed by atoms with Crippen LogP contribution in [0.25, 0.3) is 11.0 Å². The van der Waals surface area contributed by atoms with Gasteiger partial charge in [-0.25, -0.2) is 9.37 Å². The Hall–Kier alpha value is -2.19. The first-order valence-electron chi connectivity index (χ1n) is 9.46. The number of benzene rings is 2. The molecule has 2 aromatic carbocycles. The topological polar surface area (TPSA) is 93.0 Å². The summed E-state index contributed by atoms with van der Waals surface area (Å²) in [6.07, 6.45) is 1.97. The second-order valence-corrected chi connectivity index (χ2v) is 7.15. The molecule has 1 aromatic heterocycles. The number of aromatic nitrogens is 2. The Kier molecular flexibility index (Phi) is 8.61. The van der Waals surface area contributed by atoms with E-state index in [9.17, 15) is 9.18 Å². The fraction of sp³-hybridized carbons (Fsp3) is 0.333. The van der Waals surface area contributed by atoms with Gasteiger partial charge in [-0.2, -0.15) is 0 Å². The van der Waals surface area contributed by atoms with Crippen LogP contribution >= 0.6 is 24.8 Å². The molecule has 1 amide bonds. The molecule has 9 heteroatoms. The van der Waals surface area contributed by atoms with Gasteiger partial charge in [0.25, 0.3) is 0 Å². The molecule has 1 atom stereocenters. The number of halogens is 3. The zero-order valence-electron chi connectivity index (χ0n) is 16.3. The van der Waals surface area contributed by atoms with Gasteiger partial charge in [0.2, 0.25) is 5.91 Å². The van der Waals surface area contributed by atoms with E-state index < -0.39 is 6.04 Å². The number of carbonyl (C=O) groups excluding carboxylic acids is 1. The maximum absolute atomic E-state index is 13.9. The Morgan fingerprint density at radius 1 is 1.23 bits per heavy atom. The van der Waals surface area contributed by atoms with Crippen LogP contribution in [0.1, 0.15) is 24.2 Å². The predicted molar refractivity (Wildman–Crippen MR) is 120 cm³/mol. The number of carbonyl (C=O) groups is 1. The predicted octanol–water partition coefficient (Wildman–Crippen LogP) is 3.83. The SMILES string of the molecule is Cl.Cl.NC(C(=O)Nc1ccc2nc(Cc3ccccc3F)[nH]c2c1)C1CCOCC1. The number of amides is 1. The quantitative estimate of drug-likeness (QED) is 0.545. The van der Waals surface area contributed by atoms with E-state index in [0.29, 0.717) is 36.7 Å². The molecular formula is C21H25Cl2FN4O2. The summed E-state index contributed by atoms with van der Waals surface area (Å²) in [4.78, 5) is 20.2. The highest BCUT2D eigenvalue weighted by Crippen LogP contribution is 2.22. The first-order valence-corrected chi connectivity index (χ1v) is 9.46. The zero-order chi connectivity index (χ0) is 19.5. The van der Waals surface area contributed by atoms with E-state index in [-0.39, 0.29) is 42.5 Å². The summed E-state index contributed by atoms with van der Waals surface area (Å²) in [5.74, 6) is 0.356. The third kappa shape index (κ3) is 5.49. The molecule has 3 aromatic rings. The van der Waals surface area contributed by atoms with Crippen LogP contribution in [0, 0.1) is 11.7 Å². The largest absolute Gasteiger partial charge is 0.381 e. The van der Waals surface area contributed by atoms with Gasteiger partial charge in [-0.15, -0.1) is 24.8 Å². The molecule has 1 saturated heterocycles. The molecule has 1 aliphatic heterocycles. The summed E-state index contributed by atoms with van der Waals surface area (Å²) in [7, 11) is 0. The van der Waals surface area contributed by atoms with Gasteiger partial charge >= 0.3 is 0 Å². The number of rotatable bonds is 5. The number of hydrogen-bond acceptors (Lipinski definition) is 4. The first-order chi connectivity index (χ1) is 13.6. The molecule has 4 rings (SSSR count). The van der Waals surface area contributed by atoms with Crippen molar-refractivity contribution in [1.82, 2.24) is 9.97 Å². The second kappa shape index (κ2) is 10.7. The summed E-state index contributed by atoms with van der Waals surface area (Å²) in [5, 5.41) is 2.89. The third-order valence-electron chi connectivity index (χ3n) is 5.19. The van der Waals surface area contributed by atoms with Gasteiger partial charge in [0.05, 0.1) is 17.1 Å². The lowest BCUT2D eigenvalue weighted by atomic mass is 9.92. The molecule has 0 saturated carbocycles. The summed E-state index contributed by atoms with van der Waals surface area (Å²) >= 11 is 0. The standard InChI is InChI=1S/C21H23FN4O2.2ClH/c22-16-4-2-1-3-14(16)11-19-25-17-6-5-15(12-18(17)26-19)24-21(27)20(23)13-7-9-28-10-8-13;;/h1-6,12-13,20H,7-11,23H2,(H,24,27)(H,25,26);2*1H. The number of nitrogens with two attached hydrogens (primary N) is 1. The monoisotopic (exact) mass is 454 g/mol. The lowest BCUT2D eigenvalue weighted by Gasteiger charge is -2.26. The van der Waals surface area contributed by atoms with E-state index in [1.165, 1.54) is 6.07 Å². The Morgan fingerprint density at radius 3 is 2.70 bits per heavy atom. The number of anilines is 1. The molecule has 4 N–H and O–H groups in total. The summed E-state index contributed by atoms with van der Waals surface area (Å²) < 4.78 is 19.2. The second-order valence-electron chi connectivity index (χ2n) is 7.15. The van der Waals surface area contributed by atoms with Gasteiger partial charge in [-0.3, -0.25) is 4.79 Å². The molecule has 0 spiro atoms. The molecule has 30 heavy (non-hydrogen) atoms. The minimum Gasteiger partial charge on any atom is -0.381 e. The molecule has 0 aliphatic carbocycles. The number of H-pyrrole nitrogens is 1. The van der Waals surface area contributed by atoms with Gasteiger partial charge in [-0.1, -0.05) is 18.2 Å². The van der Waals surface area contributed by atoms with Crippen LogP contribution < -0.4 is 11.1 Å². The van der Waals surface area contributed by atoms with Crippen molar-refractivity contribution in [3.63, 3.8) is 0 Å². The highest BCUT2D eigenvalue weighted by molar-refractivity contribution is 5.96. The van der Waals surface area contributed by atoms with E-state index in [1.807, 2.05) is 12.1 Å². The number of fused-ring (bicyclic) bond motifs is 1. The molecule has 2 heterocycles. The smallest absolute Gasteiger partial charge is 0.241 e. The Balaban J connectivity index is 0.00000160. The molecule has 1 unspecified atom stereocenters. The lowest BCUT2D eigenvalue weighted by Crippen LogP contribution is -2.43. The molecule has 6 nitrogen and oxygen atoms in total. The van der Waals surface area contributed by atoms with Crippen molar-refractivity contribution in [2.24, 2.45) is 11.7 Å². The van der Waals surface area contributed by atoms with Gasteiger partial charge in [0, 0.05) is 25.3 Å². The van der Waals surface area contributed by atoms with Crippen LogP contribution in [-0.4, -0.2) is 35.1 Å². The van der Waals surface area contributed by atoms with Crippen LogP contribution in [0.15, 0.2) is 42.5 Å². The molecule has 1 fully saturated rings. The van der Waals surface area contributed by atoms with Crippen molar-refractivity contribution in [2.75, 3.05) is 18.5 Å². The van der Waals surface area contributed by atoms with Crippen molar-refractivity contribution in [3.8, 4) is 0 Å². The first kappa shape index (κ1) is 24.1. The fourth-order valence-corrected chi connectivity index (χ4v) is 3.56. The highest BCUT2D eigenvalue weighted by Gasteiger charge is 2.26. The maximum atomic E-state index is 13.9. The highest BCUT2D eigenvalue weighted by atomic mass is 35.5. The molecule has 1 aliphatic rings. The van der Waals surface area contributed by atoms with Crippen LogP contribution in [0.2, 0.25) is 0 Å². The van der Waals surface area contributed by atoms with Gasteiger partial charge in [0.15, 0.2) is 0 Å². The van der Waals surface area contributed by atoms with Crippen molar-refractivity contribution >= 4 is 47.4 Å². The molecule has 0 bridgehead atoms. The number of imidazole rings is 1. The molecular weight excluding hydrogens is 430 g/mol. The van der Waals surface area contributed by atoms with E-state index in [0.717, 1.165) is 23.9 Å². The number of nitrogens with zero attached hydrogens (tertiary/aromatic N) is 1. The van der Waals surface area contributed by atoms with Gasteiger partial charge in [-0.05, 0) is 48.6 Å². The summed E-state index contributed by atoms with van der Waals surface area (Å²) in [6, 6.07) is 11.5. The number of hydrogen-bond donors (Lipinski definition) is 3. The number of nitrogens with one attached hydrogen (secondary N) is 2. The van der Waals surface area contributed by atoms with Crippen LogP contribution in [0.4, 0.5) is 10.1 Å². The van der Waals surface area contributed by atoms with E-state index in [4.69, 9.17) is 10.5 Å². The van der Waals surface area contributed by atoms with E-state index >= 15 is 0 Å². The Labute approximate surface area is 186 Å². The van der Waals surface area contributed by atoms with Crippen molar-refractivity contribution in [1.29, 1.82) is 0 Å². The number of aromatic amines is 1. The lowest BCUT2D eigenvalue weighted by molar-refractivity contribution is -0.119. The Morgan fingerprint density at radius 2 is 1.97 bits per heavy atom. The minimum atomic E-state index is -0.557. The normalized spacial score (nSPS) is 15.1.